The van der Waals surface area contributed by atoms with Crippen LogP contribution in [0.4, 0.5) is 0 Å². The number of hydrogen-bond donors (Lipinski definition) is 1. The fourth-order valence-electron chi connectivity index (χ4n) is 3.50. The SMILES string of the molecule is CCCCO.c1ccc2c(c1)ccc1c3c(ccc12)CCCC3. The first-order valence-electron chi connectivity index (χ1n) is 8.88. The van der Waals surface area contributed by atoms with Gasteiger partial charge in [0.2, 0.25) is 0 Å². The van der Waals surface area contributed by atoms with Gasteiger partial charge in [-0.2, -0.15) is 0 Å². The quantitative estimate of drug-likeness (QED) is 0.606. The number of hydrogen-bond acceptors (Lipinski definition) is 1. The van der Waals surface area contributed by atoms with Crippen molar-refractivity contribution in [2.45, 2.75) is 45.4 Å². The Labute approximate surface area is 139 Å². The first-order valence-corrected chi connectivity index (χ1v) is 8.88. The summed E-state index contributed by atoms with van der Waals surface area (Å²) in [5, 5.41) is 13.7. The maximum absolute atomic E-state index is 8.07. The smallest absolute Gasteiger partial charge is 0.0430 e. The summed E-state index contributed by atoms with van der Waals surface area (Å²) in [4.78, 5) is 0. The monoisotopic (exact) mass is 306 g/mol. The average molecular weight is 306 g/mol. The normalized spacial score (nSPS) is 13.5. The van der Waals surface area contributed by atoms with Crippen LogP contribution in [-0.2, 0) is 12.8 Å². The van der Waals surface area contributed by atoms with Gasteiger partial charge in [0.15, 0.2) is 0 Å². The molecule has 0 atom stereocenters. The van der Waals surface area contributed by atoms with Crippen LogP contribution in [0.15, 0.2) is 48.5 Å². The summed E-state index contributed by atoms with van der Waals surface area (Å²) in [6.07, 6.45) is 7.25. The van der Waals surface area contributed by atoms with Crippen LogP contribution in [-0.4, -0.2) is 11.7 Å². The molecule has 0 amide bonds. The lowest BCUT2D eigenvalue weighted by molar-refractivity contribution is 0.287. The summed E-state index contributed by atoms with van der Waals surface area (Å²) in [6, 6.07) is 18.0. The molecule has 0 aromatic heterocycles. The highest BCUT2D eigenvalue weighted by atomic mass is 16.2. The molecule has 120 valence electrons. The minimum Gasteiger partial charge on any atom is -0.396 e. The van der Waals surface area contributed by atoms with E-state index in [1.807, 2.05) is 0 Å². The summed E-state index contributed by atoms with van der Waals surface area (Å²) in [7, 11) is 0. The molecule has 0 radical (unpaired) electrons. The Bertz CT molecular complexity index is 786. The second-order valence-corrected chi connectivity index (χ2v) is 6.37. The number of unbranched alkanes of at least 4 members (excludes halogenated alkanes) is 1. The van der Waals surface area contributed by atoms with Crippen LogP contribution in [0.25, 0.3) is 21.5 Å². The van der Waals surface area contributed by atoms with E-state index in [-0.39, 0.29) is 0 Å². The fourth-order valence-corrected chi connectivity index (χ4v) is 3.50. The minimum atomic E-state index is 0.344. The van der Waals surface area contributed by atoms with Gasteiger partial charge < -0.3 is 5.11 Å². The molecule has 4 rings (SSSR count). The topological polar surface area (TPSA) is 20.2 Å². The van der Waals surface area contributed by atoms with Crippen molar-refractivity contribution in [3.63, 3.8) is 0 Å². The molecule has 0 bridgehead atoms. The molecule has 0 saturated heterocycles. The molecule has 0 aliphatic heterocycles. The van der Waals surface area contributed by atoms with Gasteiger partial charge in [-0.25, -0.2) is 0 Å². The molecule has 0 fully saturated rings. The molecule has 1 aliphatic rings. The summed E-state index contributed by atoms with van der Waals surface area (Å²) in [5.74, 6) is 0. The van der Waals surface area contributed by atoms with Crippen molar-refractivity contribution >= 4 is 21.5 Å². The van der Waals surface area contributed by atoms with Crippen molar-refractivity contribution < 1.29 is 5.11 Å². The van der Waals surface area contributed by atoms with E-state index < -0.39 is 0 Å². The standard InChI is InChI=1S/C18H16.C4H10O/c1-3-7-15-13(5-1)9-11-18-16-8-4-2-6-14(16)10-12-17(15)18;1-2-3-4-5/h1,3,5,7,9-12H,2,4,6,8H2;5H,2-4H2,1H3. The third kappa shape index (κ3) is 3.40. The molecule has 3 aromatic rings. The van der Waals surface area contributed by atoms with E-state index in [2.05, 4.69) is 55.5 Å². The van der Waals surface area contributed by atoms with E-state index in [1.54, 1.807) is 11.1 Å². The lowest BCUT2D eigenvalue weighted by atomic mass is 9.86. The Kier molecular flexibility index (Phi) is 5.30. The average Bonchev–Trinajstić information content (AvgIpc) is 2.62. The van der Waals surface area contributed by atoms with Crippen molar-refractivity contribution in [3.8, 4) is 0 Å². The molecule has 23 heavy (non-hydrogen) atoms. The Balaban J connectivity index is 0.000000276. The molecule has 1 nitrogen and oxygen atoms in total. The van der Waals surface area contributed by atoms with Gasteiger partial charge in [-0.1, -0.05) is 61.9 Å². The summed E-state index contributed by atoms with van der Waals surface area (Å²) >= 11 is 0. The van der Waals surface area contributed by atoms with E-state index in [1.165, 1.54) is 47.2 Å². The van der Waals surface area contributed by atoms with E-state index >= 15 is 0 Å². The van der Waals surface area contributed by atoms with Gasteiger partial charge in [0.25, 0.3) is 0 Å². The van der Waals surface area contributed by atoms with Gasteiger partial charge in [-0.3, -0.25) is 0 Å². The van der Waals surface area contributed by atoms with Crippen LogP contribution in [0.5, 0.6) is 0 Å². The van der Waals surface area contributed by atoms with Gasteiger partial charge in [-0.05, 0) is 64.8 Å². The maximum atomic E-state index is 8.07. The van der Waals surface area contributed by atoms with Crippen LogP contribution in [0.1, 0.15) is 43.7 Å². The molecule has 3 aromatic carbocycles. The zero-order valence-corrected chi connectivity index (χ0v) is 14.0. The largest absolute Gasteiger partial charge is 0.396 e. The second-order valence-electron chi connectivity index (χ2n) is 6.37. The Morgan fingerprint density at radius 3 is 2.39 bits per heavy atom. The van der Waals surface area contributed by atoms with Crippen LogP contribution >= 0.6 is 0 Å². The van der Waals surface area contributed by atoms with Crippen LogP contribution in [0.3, 0.4) is 0 Å². The van der Waals surface area contributed by atoms with E-state index in [0.29, 0.717) is 6.61 Å². The number of aryl methyl sites for hydroxylation is 2. The molecule has 1 heteroatoms. The minimum absolute atomic E-state index is 0.344. The van der Waals surface area contributed by atoms with Crippen molar-refractivity contribution in [1.29, 1.82) is 0 Å². The first-order chi connectivity index (χ1) is 11.3. The summed E-state index contributed by atoms with van der Waals surface area (Å²) in [6.45, 7) is 2.40. The first kappa shape index (κ1) is 16.0. The lowest BCUT2D eigenvalue weighted by Gasteiger charge is -2.18. The van der Waals surface area contributed by atoms with Crippen LogP contribution in [0.2, 0.25) is 0 Å². The number of rotatable bonds is 2. The number of aliphatic hydroxyl groups excluding tert-OH is 1. The lowest BCUT2D eigenvalue weighted by Crippen LogP contribution is -2.02. The van der Waals surface area contributed by atoms with E-state index in [0.717, 1.165) is 12.8 Å². The van der Waals surface area contributed by atoms with Gasteiger partial charge >= 0.3 is 0 Å². The van der Waals surface area contributed by atoms with Crippen molar-refractivity contribution in [3.05, 3.63) is 59.7 Å². The molecular weight excluding hydrogens is 280 g/mol. The highest BCUT2D eigenvalue weighted by molar-refractivity contribution is 6.08. The van der Waals surface area contributed by atoms with Gasteiger partial charge in [-0.15, -0.1) is 0 Å². The molecule has 0 saturated carbocycles. The maximum Gasteiger partial charge on any atom is 0.0430 e. The predicted molar refractivity (Wildman–Crippen MR) is 100 cm³/mol. The number of fused-ring (bicyclic) bond motifs is 5. The van der Waals surface area contributed by atoms with Gasteiger partial charge in [0.05, 0.1) is 0 Å². The molecule has 0 heterocycles. The molecular formula is C22H26O. The Morgan fingerprint density at radius 1 is 0.826 bits per heavy atom. The second kappa shape index (κ2) is 7.61. The van der Waals surface area contributed by atoms with Crippen molar-refractivity contribution in [2.24, 2.45) is 0 Å². The fraction of sp³-hybridized carbons (Fsp3) is 0.364. The molecule has 0 unspecified atom stereocenters. The third-order valence-electron chi connectivity index (χ3n) is 4.77. The van der Waals surface area contributed by atoms with Gasteiger partial charge in [0, 0.05) is 6.61 Å². The molecule has 0 spiro atoms. The zero-order chi connectivity index (χ0) is 16.1. The highest BCUT2D eigenvalue weighted by Crippen LogP contribution is 2.33. The van der Waals surface area contributed by atoms with E-state index in [9.17, 15) is 0 Å². The van der Waals surface area contributed by atoms with Crippen LogP contribution < -0.4 is 0 Å². The molecule has 1 aliphatic carbocycles. The van der Waals surface area contributed by atoms with Gasteiger partial charge in [0.1, 0.15) is 0 Å². The number of aliphatic hydroxyl groups is 1. The highest BCUT2D eigenvalue weighted by Gasteiger charge is 2.13. The van der Waals surface area contributed by atoms with E-state index in [4.69, 9.17) is 5.11 Å². The summed E-state index contributed by atoms with van der Waals surface area (Å²) < 4.78 is 0. The van der Waals surface area contributed by atoms with Crippen LogP contribution in [0, 0.1) is 0 Å². The molecule has 1 N–H and O–H groups in total. The third-order valence-corrected chi connectivity index (χ3v) is 4.77. The zero-order valence-electron chi connectivity index (χ0n) is 14.0. The van der Waals surface area contributed by atoms with Crippen molar-refractivity contribution in [1.82, 2.24) is 0 Å². The summed E-state index contributed by atoms with van der Waals surface area (Å²) in [5.41, 5.74) is 3.17. The Morgan fingerprint density at radius 2 is 1.61 bits per heavy atom. The number of benzene rings is 3. The predicted octanol–water partition coefficient (Wildman–Crippen LogP) is 5.65. The van der Waals surface area contributed by atoms with Crippen molar-refractivity contribution in [2.75, 3.05) is 6.61 Å². The Hall–Kier alpha value is -1.86.